The summed E-state index contributed by atoms with van der Waals surface area (Å²) in [4.78, 5) is 25.5. The van der Waals surface area contributed by atoms with Gasteiger partial charge in [0, 0.05) is 23.7 Å². The van der Waals surface area contributed by atoms with Crippen LogP contribution in [0.5, 0.6) is 17.2 Å². The van der Waals surface area contributed by atoms with Gasteiger partial charge in [0.1, 0.15) is 29.5 Å². The first-order chi connectivity index (χ1) is 20.1. The minimum atomic E-state index is -0.557. The molecule has 0 spiro atoms. The molecule has 216 valence electrons. The summed E-state index contributed by atoms with van der Waals surface area (Å²) >= 11 is 0. The predicted octanol–water partition coefficient (Wildman–Crippen LogP) is 6.37. The van der Waals surface area contributed by atoms with E-state index in [0.29, 0.717) is 33.9 Å². The maximum atomic E-state index is 13.3. The highest BCUT2D eigenvalue weighted by atomic mass is 16.6. The van der Waals surface area contributed by atoms with Crippen molar-refractivity contribution in [1.29, 1.82) is 10.5 Å². The number of rotatable bonds is 8. The highest BCUT2D eigenvalue weighted by molar-refractivity contribution is 5.95. The van der Waals surface area contributed by atoms with Crippen LogP contribution in [0.4, 0.5) is 4.79 Å². The summed E-state index contributed by atoms with van der Waals surface area (Å²) in [6.07, 6.45) is 2.46. The summed E-state index contributed by atoms with van der Waals surface area (Å²) in [5.41, 5.74) is 1.77. The van der Waals surface area contributed by atoms with Crippen molar-refractivity contribution in [2.24, 2.45) is 0 Å². The van der Waals surface area contributed by atoms with E-state index < -0.39 is 11.7 Å². The van der Waals surface area contributed by atoms with E-state index in [4.69, 9.17) is 24.7 Å². The average molecular weight is 567 g/mol. The Hall–Kier alpha value is -5.02. The number of amides is 2. The van der Waals surface area contributed by atoms with E-state index in [2.05, 4.69) is 22.8 Å². The lowest BCUT2D eigenvalue weighted by Gasteiger charge is -2.30. The molecule has 0 unspecified atom stereocenters. The second-order valence-electron chi connectivity index (χ2n) is 11.2. The number of nitriles is 2. The molecule has 0 radical (unpaired) electrons. The first-order valence-electron chi connectivity index (χ1n) is 13.9. The van der Waals surface area contributed by atoms with Crippen LogP contribution in [0.1, 0.15) is 73.5 Å². The Morgan fingerprint density at radius 3 is 1.90 bits per heavy atom. The van der Waals surface area contributed by atoms with E-state index in [1.807, 2.05) is 32.9 Å². The van der Waals surface area contributed by atoms with E-state index in [-0.39, 0.29) is 24.6 Å². The summed E-state index contributed by atoms with van der Waals surface area (Å²) in [6, 6.07) is 22.9. The van der Waals surface area contributed by atoms with E-state index >= 15 is 0 Å². The lowest BCUT2D eigenvalue weighted by molar-refractivity contribution is 0.0488. The highest BCUT2D eigenvalue weighted by Crippen LogP contribution is 2.29. The lowest BCUT2D eigenvalue weighted by atomic mass is 9.91. The van der Waals surface area contributed by atoms with Crippen molar-refractivity contribution in [2.75, 3.05) is 0 Å². The van der Waals surface area contributed by atoms with Gasteiger partial charge in [-0.1, -0.05) is 12.1 Å². The van der Waals surface area contributed by atoms with E-state index in [1.165, 1.54) is 0 Å². The Balaban J connectivity index is 1.43. The number of carbonyl (C=O) groups is 2. The molecule has 1 saturated carbocycles. The fraction of sp³-hybridized carbons (Fsp3) is 0.333. The number of hydrogen-bond donors (Lipinski definition) is 2. The van der Waals surface area contributed by atoms with Gasteiger partial charge < -0.3 is 24.8 Å². The molecule has 1 aliphatic rings. The van der Waals surface area contributed by atoms with Crippen molar-refractivity contribution < 1.29 is 23.8 Å². The second kappa shape index (κ2) is 13.6. The molecule has 4 rings (SSSR count). The van der Waals surface area contributed by atoms with Gasteiger partial charge in [-0.3, -0.25) is 4.79 Å². The molecule has 2 N–H and O–H groups in total. The summed E-state index contributed by atoms with van der Waals surface area (Å²) < 4.78 is 17.4. The first kappa shape index (κ1) is 30.0. The maximum Gasteiger partial charge on any atom is 0.407 e. The third-order valence-electron chi connectivity index (χ3n) is 6.63. The normalized spacial score (nSPS) is 16.3. The maximum absolute atomic E-state index is 13.3. The summed E-state index contributed by atoms with van der Waals surface area (Å²) in [5.74, 6) is 1.11. The number of nitrogens with one attached hydrogen (secondary N) is 2. The number of hydrogen-bond acceptors (Lipinski definition) is 7. The smallest absolute Gasteiger partial charge is 0.407 e. The zero-order valence-electron chi connectivity index (χ0n) is 24.0. The van der Waals surface area contributed by atoms with Gasteiger partial charge in [0.15, 0.2) is 0 Å². The Labute approximate surface area is 246 Å². The van der Waals surface area contributed by atoms with Gasteiger partial charge in [0.25, 0.3) is 5.91 Å². The molecule has 9 nitrogen and oxygen atoms in total. The number of carbonyl (C=O) groups excluding carboxylic acids is 2. The van der Waals surface area contributed by atoms with Crippen LogP contribution in [-0.4, -0.2) is 29.7 Å². The van der Waals surface area contributed by atoms with E-state index in [0.717, 1.165) is 31.2 Å². The minimum absolute atomic E-state index is 0.000575. The molecule has 3 aromatic rings. The summed E-state index contributed by atoms with van der Waals surface area (Å²) in [6.45, 7) is 5.72. The molecule has 9 heteroatoms. The molecule has 1 fully saturated rings. The van der Waals surface area contributed by atoms with Crippen LogP contribution in [0.2, 0.25) is 0 Å². The Bertz CT molecular complexity index is 1470. The van der Waals surface area contributed by atoms with Gasteiger partial charge in [-0.15, -0.1) is 0 Å². The molecule has 0 atom stereocenters. The van der Waals surface area contributed by atoms with Gasteiger partial charge >= 0.3 is 6.09 Å². The molecule has 0 saturated heterocycles. The average Bonchev–Trinajstić information content (AvgIpc) is 2.96. The fourth-order valence-electron chi connectivity index (χ4n) is 4.55. The standard InChI is InChI=1S/C33H34N4O5/c1-33(2,3)42-32(39)37-27-12-10-26(11-13-27)36-31(38)25-16-29(40-21-24-6-4-22(19-34)5-7-24)18-30(17-25)41-28-14-8-23(20-35)9-15-28/h4-9,14-18,26-27H,10-13,21H2,1-3H3,(H,36,38)(H,37,39). The van der Waals surface area contributed by atoms with Gasteiger partial charge in [-0.2, -0.15) is 10.5 Å². The summed E-state index contributed by atoms with van der Waals surface area (Å²) in [7, 11) is 0. The molecule has 0 aromatic heterocycles. The summed E-state index contributed by atoms with van der Waals surface area (Å²) in [5, 5.41) is 24.1. The minimum Gasteiger partial charge on any atom is -0.489 e. The molecular weight excluding hydrogens is 532 g/mol. The monoisotopic (exact) mass is 566 g/mol. The third kappa shape index (κ3) is 9.00. The van der Waals surface area contributed by atoms with E-state index in [1.54, 1.807) is 54.6 Å². The van der Waals surface area contributed by atoms with Crippen molar-refractivity contribution in [2.45, 2.75) is 70.7 Å². The lowest BCUT2D eigenvalue weighted by Crippen LogP contribution is -2.45. The van der Waals surface area contributed by atoms with Crippen molar-refractivity contribution in [3.63, 3.8) is 0 Å². The molecule has 0 heterocycles. The quantitative estimate of drug-likeness (QED) is 0.324. The number of ether oxygens (including phenoxy) is 3. The number of nitrogens with zero attached hydrogens (tertiary/aromatic N) is 2. The number of benzene rings is 3. The van der Waals surface area contributed by atoms with Gasteiger partial charge in [0.2, 0.25) is 0 Å². The van der Waals surface area contributed by atoms with Crippen molar-refractivity contribution >= 4 is 12.0 Å². The topological polar surface area (TPSA) is 133 Å². The zero-order valence-corrected chi connectivity index (χ0v) is 24.0. The molecular formula is C33H34N4O5. The largest absolute Gasteiger partial charge is 0.489 e. The highest BCUT2D eigenvalue weighted by Gasteiger charge is 2.26. The van der Waals surface area contributed by atoms with E-state index in [9.17, 15) is 9.59 Å². The Morgan fingerprint density at radius 1 is 0.786 bits per heavy atom. The van der Waals surface area contributed by atoms with Crippen molar-refractivity contribution in [3.8, 4) is 29.4 Å². The first-order valence-corrected chi connectivity index (χ1v) is 13.9. The van der Waals surface area contributed by atoms with Crippen LogP contribution in [0, 0.1) is 22.7 Å². The second-order valence-corrected chi connectivity index (χ2v) is 11.2. The molecule has 0 bridgehead atoms. The SMILES string of the molecule is CC(C)(C)OC(=O)NC1CCC(NC(=O)c2cc(OCc3ccc(C#N)cc3)cc(Oc3ccc(C#N)cc3)c2)CC1. The fourth-order valence-corrected chi connectivity index (χ4v) is 4.55. The Kier molecular flexibility index (Phi) is 9.67. The van der Waals surface area contributed by atoms with Crippen LogP contribution in [0.15, 0.2) is 66.7 Å². The van der Waals surface area contributed by atoms with Crippen molar-refractivity contribution in [1.82, 2.24) is 10.6 Å². The van der Waals surface area contributed by atoms with Gasteiger partial charge in [0.05, 0.1) is 23.3 Å². The number of alkyl carbamates (subject to hydrolysis) is 1. The molecule has 2 amide bonds. The van der Waals surface area contributed by atoms with Crippen LogP contribution >= 0.6 is 0 Å². The molecule has 42 heavy (non-hydrogen) atoms. The molecule has 0 aliphatic heterocycles. The molecule has 3 aromatic carbocycles. The van der Waals surface area contributed by atoms with Gasteiger partial charge in [-0.05, 0) is 101 Å². The van der Waals surface area contributed by atoms with Crippen LogP contribution < -0.4 is 20.1 Å². The molecule has 1 aliphatic carbocycles. The zero-order chi connectivity index (χ0) is 30.1. The van der Waals surface area contributed by atoms with Gasteiger partial charge in [-0.25, -0.2) is 4.79 Å². The van der Waals surface area contributed by atoms with Crippen LogP contribution in [0.3, 0.4) is 0 Å². The predicted molar refractivity (Wildman–Crippen MR) is 156 cm³/mol. The third-order valence-corrected chi connectivity index (χ3v) is 6.63. The van der Waals surface area contributed by atoms with Crippen molar-refractivity contribution in [3.05, 3.63) is 89.0 Å². The van der Waals surface area contributed by atoms with Crippen LogP contribution in [-0.2, 0) is 11.3 Å². The van der Waals surface area contributed by atoms with Crippen LogP contribution in [0.25, 0.3) is 0 Å². The Morgan fingerprint density at radius 2 is 1.33 bits per heavy atom.